The Hall–Kier alpha value is -1.03. The highest BCUT2D eigenvalue weighted by atomic mass is 79.9. The number of carboxylic acids is 1. The summed E-state index contributed by atoms with van der Waals surface area (Å²) in [5, 5.41) is 8.86. The van der Waals surface area contributed by atoms with Crippen LogP contribution < -0.4 is 4.74 Å². The third kappa shape index (κ3) is 2.01. The molecule has 1 aromatic rings. The van der Waals surface area contributed by atoms with E-state index in [9.17, 15) is 4.79 Å². The van der Waals surface area contributed by atoms with E-state index < -0.39 is 5.97 Å². The number of halogens is 1. The van der Waals surface area contributed by atoms with Crippen LogP contribution in [0.25, 0.3) is 0 Å². The molecular weight excluding hydrogens is 236 g/mol. The second kappa shape index (κ2) is 3.79. The summed E-state index contributed by atoms with van der Waals surface area (Å²) in [7, 11) is 1.45. The van der Waals surface area contributed by atoms with Crippen LogP contribution in [0.1, 0.15) is 15.9 Å². The minimum absolute atomic E-state index is 0.160. The summed E-state index contributed by atoms with van der Waals surface area (Å²) in [4.78, 5) is 10.8. The van der Waals surface area contributed by atoms with E-state index in [2.05, 4.69) is 15.9 Å². The fourth-order valence-corrected chi connectivity index (χ4v) is 1.80. The van der Waals surface area contributed by atoms with E-state index >= 15 is 0 Å². The highest BCUT2D eigenvalue weighted by Crippen LogP contribution is 2.28. The zero-order valence-electron chi connectivity index (χ0n) is 7.30. The Bertz CT molecular complexity index is 347. The van der Waals surface area contributed by atoms with Gasteiger partial charge >= 0.3 is 5.97 Å². The largest absolute Gasteiger partial charge is 0.496 e. The maximum absolute atomic E-state index is 10.8. The van der Waals surface area contributed by atoms with Crippen LogP contribution in [-0.2, 0) is 0 Å². The number of carboxylic acid groups (broad SMARTS) is 1. The van der Waals surface area contributed by atoms with Gasteiger partial charge in [0.25, 0.3) is 0 Å². The summed E-state index contributed by atoms with van der Waals surface area (Å²) in [6.07, 6.45) is 0. The molecule has 0 aliphatic rings. The Morgan fingerprint density at radius 2 is 2.15 bits per heavy atom. The molecule has 0 spiro atoms. The lowest BCUT2D eigenvalue weighted by atomic mass is 10.1. The third-order valence-corrected chi connectivity index (χ3v) is 2.26. The van der Waals surface area contributed by atoms with E-state index in [1.807, 2.05) is 6.92 Å². The normalized spacial score (nSPS) is 9.77. The molecule has 4 heteroatoms. The van der Waals surface area contributed by atoms with Crippen molar-refractivity contribution < 1.29 is 14.6 Å². The lowest BCUT2D eigenvalue weighted by Gasteiger charge is -2.07. The van der Waals surface area contributed by atoms with Crippen molar-refractivity contribution >= 4 is 21.9 Å². The Morgan fingerprint density at radius 1 is 1.54 bits per heavy atom. The molecule has 0 saturated heterocycles. The van der Waals surface area contributed by atoms with Crippen molar-refractivity contribution in [2.24, 2.45) is 0 Å². The minimum atomic E-state index is -0.997. The molecule has 3 nitrogen and oxygen atoms in total. The van der Waals surface area contributed by atoms with Crippen LogP contribution in [0.4, 0.5) is 0 Å². The molecule has 0 unspecified atom stereocenters. The molecule has 0 amide bonds. The predicted octanol–water partition coefficient (Wildman–Crippen LogP) is 2.46. The summed E-state index contributed by atoms with van der Waals surface area (Å²) in [6, 6.07) is 3.43. The van der Waals surface area contributed by atoms with Crippen LogP contribution in [0.5, 0.6) is 5.75 Å². The molecule has 0 saturated carbocycles. The molecule has 0 aliphatic carbocycles. The lowest BCUT2D eigenvalue weighted by molar-refractivity contribution is 0.0692. The molecule has 0 fully saturated rings. The standard InChI is InChI=1S/C9H9BrO3/c1-5-3-6(10)8(9(11)12)7(4-5)13-2/h3-4H,1-2H3,(H,11,12). The van der Waals surface area contributed by atoms with Crippen molar-refractivity contribution in [2.45, 2.75) is 6.92 Å². The smallest absolute Gasteiger partial charge is 0.340 e. The maximum atomic E-state index is 10.8. The Labute approximate surface area is 84.5 Å². The summed E-state index contributed by atoms with van der Waals surface area (Å²) in [6.45, 7) is 1.87. The van der Waals surface area contributed by atoms with Crippen molar-refractivity contribution in [3.63, 3.8) is 0 Å². The fraction of sp³-hybridized carbons (Fsp3) is 0.222. The molecule has 0 bridgehead atoms. The number of aromatic carboxylic acids is 1. The average molecular weight is 245 g/mol. The Morgan fingerprint density at radius 3 is 2.62 bits per heavy atom. The molecule has 0 radical (unpaired) electrons. The van der Waals surface area contributed by atoms with Gasteiger partial charge in [0.1, 0.15) is 11.3 Å². The van der Waals surface area contributed by atoms with Crippen molar-refractivity contribution in [2.75, 3.05) is 7.11 Å². The summed E-state index contributed by atoms with van der Waals surface area (Å²) >= 11 is 3.18. The summed E-state index contributed by atoms with van der Waals surface area (Å²) < 4.78 is 5.50. The number of benzene rings is 1. The number of rotatable bonds is 2. The molecule has 1 aromatic carbocycles. The zero-order chi connectivity index (χ0) is 10.0. The van der Waals surface area contributed by atoms with Crippen molar-refractivity contribution in [3.05, 3.63) is 27.7 Å². The summed E-state index contributed by atoms with van der Waals surface area (Å²) in [5.74, 6) is -0.622. The number of ether oxygens (including phenoxy) is 1. The number of carbonyl (C=O) groups is 1. The van der Waals surface area contributed by atoms with Gasteiger partial charge in [-0.2, -0.15) is 0 Å². The Balaban J connectivity index is 3.38. The van der Waals surface area contributed by atoms with Crippen LogP contribution in [-0.4, -0.2) is 18.2 Å². The fourth-order valence-electron chi connectivity index (χ4n) is 1.08. The molecule has 70 valence electrons. The van der Waals surface area contributed by atoms with Gasteiger partial charge in [-0.05, 0) is 40.5 Å². The number of methoxy groups -OCH3 is 1. The molecule has 1 N–H and O–H groups in total. The van der Waals surface area contributed by atoms with Gasteiger partial charge in [0.05, 0.1) is 7.11 Å². The second-order valence-electron chi connectivity index (χ2n) is 2.63. The van der Waals surface area contributed by atoms with Gasteiger partial charge in [0.15, 0.2) is 0 Å². The van der Waals surface area contributed by atoms with Crippen molar-refractivity contribution in [1.29, 1.82) is 0 Å². The number of hydrogen-bond acceptors (Lipinski definition) is 2. The van der Waals surface area contributed by atoms with E-state index in [1.54, 1.807) is 12.1 Å². The van der Waals surface area contributed by atoms with Gasteiger partial charge in [0.2, 0.25) is 0 Å². The molecule has 0 atom stereocenters. The molecule has 0 aromatic heterocycles. The summed E-state index contributed by atoms with van der Waals surface area (Å²) in [5.41, 5.74) is 1.11. The first-order chi connectivity index (χ1) is 6.06. The lowest BCUT2D eigenvalue weighted by Crippen LogP contribution is -2.02. The van der Waals surface area contributed by atoms with Crippen LogP contribution in [0, 0.1) is 6.92 Å². The van der Waals surface area contributed by atoms with E-state index in [-0.39, 0.29) is 5.56 Å². The van der Waals surface area contributed by atoms with Crippen LogP contribution >= 0.6 is 15.9 Å². The van der Waals surface area contributed by atoms with Gasteiger partial charge in [0, 0.05) is 4.47 Å². The highest BCUT2D eigenvalue weighted by Gasteiger charge is 2.15. The predicted molar refractivity (Wildman–Crippen MR) is 52.4 cm³/mol. The quantitative estimate of drug-likeness (QED) is 0.870. The Kier molecular flexibility index (Phi) is 2.93. The van der Waals surface area contributed by atoms with Gasteiger partial charge < -0.3 is 9.84 Å². The molecule has 0 heterocycles. The molecule has 0 aliphatic heterocycles. The van der Waals surface area contributed by atoms with Crippen LogP contribution in [0.15, 0.2) is 16.6 Å². The first kappa shape index (κ1) is 10.1. The van der Waals surface area contributed by atoms with E-state index in [0.29, 0.717) is 10.2 Å². The second-order valence-corrected chi connectivity index (χ2v) is 3.48. The number of hydrogen-bond donors (Lipinski definition) is 1. The monoisotopic (exact) mass is 244 g/mol. The van der Waals surface area contributed by atoms with Gasteiger partial charge in [-0.1, -0.05) is 0 Å². The average Bonchev–Trinajstić information content (AvgIpc) is 2.01. The minimum Gasteiger partial charge on any atom is -0.496 e. The first-order valence-corrected chi connectivity index (χ1v) is 4.43. The SMILES string of the molecule is COc1cc(C)cc(Br)c1C(=O)O. The first-order valence-electron chi connectivity index (χ1n) is 3.63. The molecule has 13 heavy (non-hydrogen) atoms. The molecule has 1 rings (SSSR count). The zero-order valence-corrected chi connectivity index (χ0v) is 8.88. The van der Waals surface area contributed by atoms with Crippen LogP contribution in [0.3, 0.4) is 0 Å². The highest BCUT2D eigenvalue weighted by molar-refractivity contribution is 9.10. The topological polar surface area (TPSA) is 46.5 Å². The maximum Gasteiger partial charge on any atom is 0.340 e. The van der Waals surface area contributed by atoms with E-state index in [4.69, 9.17) is 9.84 Å². The van der Waals surface area contributed by atoms with Crippen molar-refractivity contribution in [3.8, 4) is 5.75 Å². The van der Waals surface area contributed by atoms with Gasteiger partial charge in [-0.25, -0.2) is 4.79 Å². The van der Waals surface area contributed by atoms with Gasteiger partial charge in [-0.3, -0.25) is 0 Å². The van der Waals surface area contributed by atoms with E-state index in [1.165, 1.54) is 7.11 Å². The molecular formula is C9H9BrO3. The third-order valence-electron chi connectivity index (χ3n) is 1.63. The van der Waals surface area contributed by atoms with Crippen LogP contribution in [0.2, 0.25) is 0 Å². The van der Waals surface area contributed by atoms with Crippen molar-refractivity contribution in [1.82, 2.24) is 0 Å². The van der Waals surface area contributed by atoms with Gasteiger partial charge in [-0.15, -0.1) is 0 Å². The number of aryl methyl sites for hydroxylation is 1. The van der Waals surface area contributed by atoms with E-state index in [0.717, 1.165) is 5.56 Å².